The van der Waals surface area contributed by atoms with E-state index in [4.69, 9.17) is 4.74 Å². The van der Waals surface area contributed by atoms with Crippen LogP contribution >= 0.6 is 0 Å². The standard InChI is InChI=1S/C18H32N2O3/c1-13(21)18(11-16(2,3)20-17(4,5)12-18)23-15(22)19-14-9-7-6-8-10-14/h14,20H,6-12H2,1-5H3,(H,19,22). The van der Waals surface area contributed by atoms with Crippen LogP contribution in [-0.2, 0) is 9.53 Å². The molecule has 1 aliphatic heterocycles. The number of carbonyl (C=O) groups excluding carboxylic acids is 2. The van der Waals surface area contributed by atoms with E-state index in [-0.39, 0.29) is 22.9 Å². The Morgan fingerprint density at radius 2 is 1.52 bits per heavy atom. The van der Waals surface area contributed by atoms with Gasteiger partial charge in [0.25, 0.3) is 0 Å². The maximum absolute atomic E-state index is 12.4. The van der Waals surface area contributed by atoms with Crippen molar-refractivity contribution in [3.8, 4) is 0 Å². The largest absolute Gasteiger partial charge is 0.435 e. The number of piperidine rings is 1. The van der Waals surface area contributed by atoms with Crippen molar-refractivity contribution >= 4 is 11.9 Å². The summed E-state index contributed by atoms with van der Waals surface area (Å²) in [6.07, 6.45) is 6.08. The molecule has 2 N–H and O–H groups in total. The molecule has 0 aromatic heterocycles. The molecule has 132 valence electrons. The number of hydrogen-bond acceptors (Lipinski definition) is 4. The summed E-state index contributed by atoms with van der Waals surface area (Å²) in [4.78, 5) is 24.8. The molecule has 23 heavy (non-hydrogen) atoms. The summed E-state index contributed by atoms with van der Waals surface area (Å²) < 4.78 is 5.77. The van der Waals surface area contributed by atoms with Crippen LogP contribution in [0.1, 0.15) is 79.6 Å². The van der Waals surface area contributed by atoms with Crippen LogP contribution in [0.5, 0.6) is 0 Å². The highest BCUT2D eigenvalue weighted by atomic mass is 16.6. The van der Waals surface area contributed by atoms with Gasteiger partial charge >= 0.3 is 6.09 Å². The van der Waals surface area contributed by atoms with Gasteiger partial charge in [-0.1, -0.05) is 19.3 Å². The molecule has 0 atom stereocenters. The minimum absolute atomic E-state index is 0.0704. The van der Waals surface area contributed by atoms with E-state index in [2.05, 4.69) is 10.6 Å². The normalized spacial score (nSPS) is 26.3. The van der Waals surface area contributed by atoms with Gasteiger partial charge in [0, 0.05) is 30.0 Å². The molecule has 0 bridgehead atoms. The smallest absolute Gasteiger partial charge is 0.408 e. The highest BCUT2D eigenvalue weighted by molar-refractivity contribution is 5.88. The average molecular weight is 324 g/mol. The lowest BCUT2D eigenvalue weighted by atomic mass is 9.71. The molecule has 5 heteroatoms. The van der Waals surface area contributed by atoms with Gasteiger partial charge in [0.2, 0.25) is 0 Å². The molecular weight excluding hydrogens is 292 g/mol. The molecule has 0 spiro atoms. The fraction of sp³-hybridized carbons (Fsp3) is 0.889. The zero-order valence-corrected chi connectivity index (χ0v) is 15.3. The Hall–Kier alpha value is -1.10. The number of rotatable bonds is 3. The third-order valence-electron chi connectivity index (χ3n) is 4.99. The van der Waals surface area contributed by atoms with Crippen LogP contribution in [0.3, 0.4) is 0 Å². The van der Waals surface area contributed by atoms with Crippen molar-refractivity contribution in [3.05, 3.63) is 0 Å². The monoisotopic (exact) mass is 324 g/mol. The third kappa shape index (κ3) is 4.69. The second kappa shape index (κ2) is 6.42. The number of nitrogens with one attached hydrogen (secondary N) is 2. The average Bonchev–Trinajstić information content (AvgIpc) is 2.35. The topological polar surface area (TPSA) is 67.4 Å². The van der Waals surface area contributed by atoms with Gasteiger partial charge < -0.3 is 15.4 Å². The van der Waals surface area contributed by atoms with Crippen molar-refractivity contribution in [2.24, 2.45) is 0 Å². The first-order valence-electron chi connectivity index (χ1n) is 8.84. The summed E-state index contributed by atoms with van der Waals surface area (Å²) in [5, 5.41) is 6.50. The Balaban J connectivity index is 2.10. The molecule has 2 rings (SSSR count). The van der Waals surface area contributed by atoms with Crippen molar-refractivity contribution in [3.63, 3.8) is 0 Å². The van der Waals surface area contributed by atoms with Gasteiger partial charge in [-0.15, -0.1) is 0 Å². The van der Waals surface area contributed by atoms with Crippen molar-refractivity contribution in [2.45, 2.75) is 102 Å². The van der Waals surface area contributed by atoms with E-state index < -0.39 is 11.7 Å². The van der Waals surface area contributed by atoms with Crippen molar-refractivity contribution in [1.29, 1.82) is 0 Å². The molecule has 2 aliphatic rings. The molecule has 1 saturated carbocycles. The van der Waals surface area contributed by atoms with E-state index in [1.807, 2.05) is 27.7 Å². The maximum Gasteiger partial charge on any atom is 0.408 e. The quantitative estimate of drug-likeness (QED) is 0.836. The van der Waals surface area contributed by atoms with Gasteiger partial charge in [-0.05, 0) is 47.5 Å². The predicted molar refractivity (Wildman–Crippen MR) is 90.4 cm³/mol. The zero-order valence-electron chi connectivity index (χ0n) is 15.3. The summed E-state index contributed by atoms with van der Waals surface area (Å²) in [6.45, 7) is 9.73. The van der Waals surface area contributed by atoms with E-state index in [1.54, 1.807) is 0 Å². The lowest BCUT2D eigenvalue weighted by Crippen LogP contribution is -2.66. The van der Waals surface area contributed by atoms with Crippen molar-refractivity contribution < 1.29 is 14.3 Å². The Morgan fingerprint density at radius 3 is 2.00 bits per heavy atom. The van der Waals surface area contributed by atoms with Crippen LogP contribution in [0.2, 0.25) is 0 Å². The Labute approximate surface area is 139 Å². The molecule has 0 radical (unpaired) electrons. The van der Waals surface area contributed by atoms with Crippen molar-refractivity contribution in [1.82, 2.24) is 10.6 Å². The first-order valence-corrected chi connectivity index (χ1v) is 8.84. The number of carbonyl (C=O) groups is 2. The van der Waals surface area contributed by atoms with E-state index in [1.165, 1.54) is 13.3 Å². The molecular formula is C18H32N2O3. The molecule has 2 fully saturated rings. The lowest BCUT2D eigenvalue weighted by molar-refractivity contribution is -0.145. The molecule has 1 aliphatic carbocycles. The second-order valence-electron chi connectivity index (χ2n) is 8.67. The zero-order chi connectivity index (χ0) is 17.3. The van der Waals surface area contributed by atoms with Crippen LogP contribution < -0.4 is 10.6 Å². The maximum atomic E-state index is 12.4. The second-order valence-corrected chi connectivity index (χ2v) is 8.67. The fourth-order valence-electron chi connectivity index (χ4n) is 4.51. The van der Waals surface area contributed by atoms with Crippen LogP contribution in [0, 0.1) is 0 Å². The fourth-order valence-corrected chi connectivity index (χ4v) is 4.51. The van der Waals surface area contributed by atoms with E-state index >= 15 is 0 Å². The van der Waals surface area contributed by atoms with Crippen LogP contribution in [0.25, 0.3) is 0 Å². The molecule has 0 unspecified atom stereocenters. The Bertz CT molecular complexity index is 449. The minimum atomic E-state index is -1.04. The van der Waals surface area contributed by atoms with Gasteiger partial charge in [0.1, 0.15) is 0 Å². The summed E-state index contributed by atoms with van der Waals surface area (Å²) in [6, 6.07) is 0.183. The summed E-state index contributed by atoms with van der Waals surface area (Å²) in [5.74, 6) is -0.0704. The third-order valence-corrected chi connectivity index (χ3v) is 4.99. The number of alkyl carbamates (subject to hydrolysis) is 1. The minimum Gasteiger partial charge on any atom is -0.435 e. The molecule has 1 amide bonds. The van der Waals surface area contributed by atoms with Crippen LogP contribution in [0.15, 0.2) is 0 Å². The Morgan fingerprint density at radius 1 is 1.00 bits per heavy atom. The highest BCUT2D eigenvalue weighted by Gasteiger charge is 2.52. The molecule has 0 aromatic carbocycles. The summed E-state index contributed by atoms with van der Waals surface area (Å²) >= 11 is 0. The van der Waals surface area contributed by atoms with Crippen molar-refractivity contribution in [2.75, 3.05) is 0 Å². The number of ketones is 1. The van der Waals surface area contributed by atoms with Gasteiger partial charge in [-0.3, -0.25) is 4.79 Å². The predicted octanol–water partition coefficient (Wildman–Crippen LogP) is 3.31. The highest BCUT2D eigenvalue weighted by Crippen LogP contribution is 2.39. The number of Topliss-reactive ketones (excluding diaryl/α,β-unsaturated/α-hetero) is 1. The number of ether oxygens (including phenoxy) is 1. The summed E-state index contributed by atoms with van der Waals surface area (Å²) in [5.41, 5.74) is -1.58. The van der Waals surface area contributed by atoms with Gasteiger partial charge in [-0.25, -0.2) is 4.79 Å². The van der Waals surface area contributed by atoms with Crippen LogP contribution in [0.4, 0.5) is 4.79 Å². The van der Waals surface area contributed by atoms with E-state index in [0.717, 1.165) is 25.7 Å². The van der Waals surface area contributed by atoms with Gasteiger partial charge in [0.05, 0.1) is 0 Å². The number of hydrogen-bond donors (Lipinski definition) is 2. The summed E-state index contributed by atoms with van der Waals surface area (Å²) in [7, 11) is 0. The van der Waals surface area contributed by atoms with Crippen LogP contribution in [-0.4, -0.2) is 34.6 Å². The SMILES string of the molecule is CC(=O)C1(OC(=O)NC2CCCCC2)CC(C)(C)NC(C)(C)C1. The first kappa shape index (κ1) is 18.2. The molecule has 1 heterocycles. The lowest BCUT2D eigenvalue weighted by Gasteiger charge is -2.51. The molecule has 5 nitrogen and oxygen atoms in total. The van der Waals surface area contributed by atoms with Gasteiger partial charge in [0.15, 0.2) is 11.4 Å². The number of amides is 1. The van der Waals surface area contributed by atoms with E-state index in [0.29, 0.717) is 12.8 Å². The van der Waals surface area contributed by atoms with Gasteiger partial charge in [-0.2, -0.15) is 0 Å². The first-order chi connectivity index (χ1) is 10.5. The molecule has 0 aromatic rings. The van der Waals surface area contributed by atoms with E-state index in [9.17, 15) is 9.59 Å². The molecule has 1 saturated heterocycles. The Kier molecular flexibility index (Phi) is 5.09.